The molecule has 0 aliphatic rings. The van der Waals surface area contributed by atoms with Crippen molar-refractivity contribution in [2.75, 3.05) is 0 Å². The molecule has 0 rings (SSSR count). The average Bonchev–Trinajstić information content (AvgIpc) is 1.35. The van der Waals surface area contributed by atoms with Gasteiger partial charge in [-0.25, -0.2) is 0 Å². The third kappa shape index (κ3) is 4.92. The molecule has 0 aromatic rings. The van der Waals surface area contributed by atoms with Gasteiger partial charge in [0.05, 0.1) is 0 Å². The normalized spacial score (nSPS) is 10.2. The van der Waals surface area contributed by atoms with Gasteiger partial charge < -0.3 is 0 Å². The Balaban J connectivity index is 2.63. The monoisotopic (exact) mass is 98.0 g/mol. The quantitative estimate of drug-likeness (QED) is 0.353. The van der Waals surface area contributed by atoms with Crippen molar-refractivity contribution < 1.29 is 10.2 Å². The van der Waals surface area contributed by atoms with E-state index < -0.39 is 6.29 Å². The molecule has 0 aromatic heterocycles. The van der Waals surface area contributed by atoms with Gasteiger partial charge in [-0.2, -0.15) is 0 Å². The van der Waals surface area contributed by atoms with Gasteiger partial charge in [-0.15, -0.1) is 0 Å². The third-order valence-corrected chi connectivity index (χ3v) is 1.12. The summed E-state index contributed by atoms with van der Waals surface area (Å²) in [6.45, 7) is 0. The molecule has 0 aliphatic heterocycles. The first-order valence-corrected chi connectivity index (χ1v) is 3.55. The SMILES string of the molecule is OC(O)C[CH2][Na]. The Bertz CT molecular complexity index is 30.0. The van der Waals surface area contributed by atoms with Gasteiger partial charge in [-0.1, -0.05) is 0 Å². The molecule has 6 heavy (non-hydrogen) atoms. The van der Waals surface area contributed by atoms with Crippen molar-refractivity contribution in [3.8, 4) is 0 Å². The summed E-state index contributed by atoms with van der Waals surface area (Å²) < 4.78 is 0.970. The number of hydrogen-bond donors (Lipinski definition) is 2. The Morgan fingerprint density at radius 3 is 2.00 bits per heavy atom. The first-order chi connectivity index (χ1) is 2.77. The van der Waals surface area contributed by atoms with Crippen LogP contribution in [-0.4, -0.2) is 44.4 Å². The first-order valence-electron chi connectivity index (χ1n) is 2.13. The Morgan fingerprint density at radius 1 is 1.50 bits per heavy atom. The van der Waals surface area contributed by atoms with Gasteiger partial charge in [0.25, 0.3) is 0 Å². The zero-order valence-electron chi connectivity index (χ0n) is 3.89. The summed E-state index contributed by atoms with van der Waals surface area (Å²) in [5, 5.41) is 16.3. The predicted molar refractivity (Wildman–Crippen MR) is 23.4 cm³/mol. The third-order valence-electron chi connectivity index (χ3n) is 0.547. The minimum atomic E-state index is -1.07. The van der Waals surface area contributed by atoms with E-state index in [0.29, 0.717) is 6.42 Å². The van der Waals surface area contributed by atoms with Crippen LogP contribution in [0.3, 0.4) is 0 Å². The summed E-state index contributed by atoms with van der Waals surface area (Å²) in [7, 11) is 0. The van der Waals surface area contributed by atoms with Crippen LogP contribution in [0.1, 0.15) is 6.42 Å². The molecule has 0 heterocycles. The van der Waals surface area contributed by atoms with E-state index in [2.05, 4.69) is 0 Å². The molecule has 2 nitrogen and oxygen atoms in total. The van der Waals surface area contributed by atoms with E-state index in [4.69, 9.17) is 10.2 Å². The fourth-order valence-corrected chi connectivity index (χ4v) is 0.775. The number of aliphatic hydroxyl groups excluding tert-OH is 1. The molecular weight excluding hydrogens is 91.0 g/mol. The number of aliphatic hydroxyl groups is 2. The zero-order valence-corrected chi connectivity index (χ0v) is 5.89. The van der Waals surface area contributed by atoms with Crippen LogP contribution < -0.4 is 0 Å². The Morgan fingerprint density at radius 2 is 2.00 bits per heavy atom. The fraction of sp³-hybridized carbons (Fsp3) is 1.00. The van der Waals surface area contributed by atoms with Gasteiger partial charge >= 0.3 is 54.5 Å². The average molecular weight is 98.1 g/mol. The maximum absolute atomic E-state index is 8.13. The van der Waals surface area contributed by atoms with E-state index in [-0.39, 0.29) is 0 Å². The van der Waals surface area contributed by atoms with Crippen molar-refractivity contribution in [1.82, 2.24) is 0 Å². The predicted octanol–water partition coefficient (Wildman–Crippen LogP) is -0.726. The molecule has 0 saturated heterocycles. The van der Waals surface area contributed by atoms with Crippen LogP contribution >= 0.6 is 0 Å². The molecule has 0 spiro atoms. The van der Waals surface area contributed by atoms with E-state index in [1.165, 1.54) is 0 Å². The molecule has 0 fully saturated rings. The van der Waals surface area contributed by atoms with E-state index in [1.54, 1.807) is 0 Å². The van der Waals surface area contributed by atoms with Crippen LogP contribution in [0.15, 0.2) is 0 Å². The molecule has 0 radical (unpaired) electrons. The molecule has 0 aromatic carbocycles. The summed E-state index contributed by atoms with van der Waals surface area (Å²) in [5.74, 6) is 0. The van der Waals surface area contributed by atoms with Crippen molar-refractivity contribution in [2.24, 2.45) is 0 Å². The Kier molecular flexibility index (Phi) is 4.72. The van der Waals surface area contributed by atoms with Gasteiger partial charge in [0.1, 0.15) is 0 Å². The van der Waals surface area contributed by atoms with Crippen LogP contribution in [0.25, 0.3) is 0 Å². The van der Waals surface area contributed by atoms with Gasteiger partial charge in [-0.05, 0) is 0 Å². The van der Waals surface area contributed by atoms with Crippen molar-refractivity contribution in [3.05, 3.63) is 0 Å². The summed E-state index contributed by atoms with van der Waals surface area (Å²) in [5.41, 5.74) is 0. The van der Waals surface area contributed by atoms with Crippen LogP contribution in [0.5, 0.6) is 0 Å². The molecule has 0 unspecified atom stereocenters. The molecule has 0 bridgehead atoms. The van der Waals surface area contributed by atoms with Gasteiger partial charge in [-0.3, -0.25) is 0 Å². The molecule has 0 saturated carbocycles. The zero-order chi connectivity index (χ0) is 4.99. The van der Waals surface area contributed by atoms with Gasteiger partial charge in [0.2, 0.25) is 0 Å². The molecule has 0 atom stereocenters. The van der Waals surface area contributed by atoms with Crippen molar-refractivity contribution in [2.45, 2.75) is 16.4 Å². The van der Waals surface area contributed by atoms with Crippen LogP contribution in [-0.2, 0) is 0 Å². The standard InChI is InChI=1S/C3H7O2.Na/c1-2-3(4)5;/h3-5H,1-2H2;. The summed E-state index contributed by atoms with van der Waals surface area (Å²) in [6, 6.07) is 0. The van der Waals surface area contributed by atoms with Crippen molar-refractivity contribution in [3.63, 3.8) is 0 Å². The number of hydrogen-bond acceptors (Lipinski definition) is 2. The molecule has 3 heteroatoms. The molecule has 2 N–H and O–H groups in total. The topological polar surface area (TPSA) is 40.5 Å². The molecule has 0 amide bonds. The Hall–Kier alpha value is 0.920. The summed E-state index contributed by atoms with van der Waals surface area (Å²) in [4.78, 5) is 0. The van der Waals surface area contributed by atoms with E-state index in [0.717, 1.165) is 31.6 Å². The first kappa shape index (κ1) is 6.92. The van der Waals surface area contributed by atoms with Gasteiger partial charge in [0, 0.05) is 0 Å². The van der Waals surface area contributed by atoms with E-state index >= 15 is 0 Å². The van der Waals surface area contributed by atoms with E-state index in [1.807, 2.05) is 0 Å². The van der Waals surface area contributed by atoms with Gasteiger partial charge in [0.15, 0.2) is 0 Å². The molecular formula is C3H7NaO2. The van der Waals surface area contributed by atoms with Crippen molar-refractivity contribution in [1.29, 1.82) is 0 Å². The summed E-state index contributed by atoms with van der Waals surface area (Å²) >= 11 is 1.07. The van der Waals surface area contributed by atoms with Crippen molar-refractivity contribution >= 4 is 27.9 Å². The molecule has 0 aliphatic carbocycles. The second-order valence-electron chi connectivity index (χ2n) is 1.27. The van der Waals surface area contributed by atoms with Crippen LogP contribution in [0, 0.1) is 0 Å². The Labute approximate surface area is 54.6 Å². The van der Waals surface area contributed by atoms with E-state index in [9.17, 15) is 0 Å². The molecule has 32 valence electrons. The maximum atomic E-state index is 8.13. The number of rotatable bonds is 2. The summed E-state index contributed by atoms with van der Waals surface area (Å²) in [6.07, 6.45) is -0.519. The second kappa shape index (κ2) is 4.09. The fourth-order valence-electron chi connectivity index (χ4n) is 0.258. The van der Waals surface area contributed by atoms with Crippen LogP contribution in [0.2, 0.25) is 3.67 Å². The minimum absolute atomic E-state index is 0.548. The second-order valence-corrected chi connectivity index (χ2v) is 2.27. The van der Waals surface area contributed by atoms with Crippen LogP contribution in [0.4, 0.5) is 0 Å².